The predicted octanol–water partition coefficient (Wildman–Crippen LogP) is 4.95. The lowest BCUT2D eigenvalue weighted by atomic mass is 9.87. The fraction of sp³-hybridized carbons (Fsp3) is 0.511. The predicted molar refractivity (Wildman–Crippen MR) is 227 cm³/mol. The SMILES string of the molecule is CC(C)(O)C(=O)N[C@H]1CCCCC/C=C\[C@H]2C[C@@]2(C(=O)NS(=O)(=O)C2CC2)NC(=O)[C@@H]2C[C@@H](Oc3nc(-c4ccc(C(C)(C)C)cc4)nc4c3oc3ccccc34)CN2C1=O. The molecule has 3 fully saturated rings. The number of aromatic nitrogens is 2. The fourth-order valence-electron chi connectivity index (χ4n) is 8.23. The first-order valence-electron chi connectivity index (χ1n) is 21.2. The Hall–Kier alpha value is -5.35. The summed E-state index contributed by atoms with van der Waals surface area (Å²) in [7, 11) is -3.93. The van der Waals surface area contributed by atoms with Crippen LogP contribution in [-0.4, -0.2) is 93.1 Å². The lowest BCUT2D eigenvalue weighted by Gasteiger charge is -2.31. The maximum atomic E-state index is 14.7. The lowest BCUT2D eigenvalue weighted by molar-refractivity contribution is -0.145. The standard InChI is InChI=1S/C45H54N6O9S/c1-43(2,3)27-19-17-26(18-20-27)37-47-35-31-14-11-12-16-34(31)60-36(35)39(48-37)59-29-23-33-38(52)49-45(42(55)50-61(57,58)30-21-22-30)24-28(45)13-9-7-6-8-10-15-32(40(53)51(33)25-29)46-41(54)44(4,5)56/h9,11-14,16-20,28-30,32-33,56H,6-8,10,15,21-25H2,1-5H3,(H,46,54)(H,49,52)(H,50,55)/b13-9-/t28-,29+,32-,33-,45+/m0/s1. The monoisotopic (exact) mass is 854 g/mol. The van der Waals surface area contributed by atoms with Crippen LogP contribution in [0.1, 0.15) is 98.0 Å². The van der Waals surface area contributed by atoms with Crippen molar-refractivity contribution in [3.05, 3.63) is 66.2 Å². The van der Waals surface area contributed by atoms with Gasteiger partial charge in [0, 0.05) is 23.3 Å². The van der Waals surface area contributed by atoms with Gasteiger partial charge in [-0.2, -0.15) is 4.98 Å². The average Bonchev–Trinajstić information content (AvgIpc) is 4.10. The van der Waals surface area contributed by atoms with Gasteiger partial charge < -0.3 is 29.8 Å². The summed E-state index contributed by atoms with van der Waals surface area (Å²) >= 11 is 0. The van der Waals surface area contributed by atoms with E-state index in [4.69, 9.17) is 19.1 Å². The minimum Gasteiger partial charge on any atom is -0.470 e. The highest BCUT2D eigenvalue weighted by Gasteiger charge is 2.62. The lowest BCUT2D eigenvalue weighted by Crippen LogP contribution is -2.59. The van der Waals surface area contributed by atoms with E-state index in [1.54, 1.807) is 0 Å². The Balaban J connectivity index is 1.15. The fourth-order valence-corrected chi connectivity index (χ4v) is 9.60. The van der Waals surface area contributed by atoms with Crippen molar-refractivity contribution in [1.29, 1.82) is 0 Å². The minimum absolute atomic E-state index is 0.0380. The van der Waals surface area contributed by atoms with Crippen molar-refractivity contribution in [3.63, 3.8) is 0 Å². The van der Waals surface area contributed by atoms with Gasteiger partial charge in [0.1, 0.15) is 40.4 Å². The van der Waals surface area contributed by atoms with E-state index in [9.17, 15) is 32.7 Å². The second kappa shape index (κ2) is 15.8. The molecule has 15 nitrogen and oxygen atoms in total. The normalized spacial score (nSPS) is 25.8. The van der Waals surface area contributed by atoms with E-state index < -0.39 is 74.1 Å². The Morgan fingerprint density at radius 2 is 1.72 bits per heavy atom. The molecule has 5 atom stereocenters. The molecule has 4 heterocycles. The molecule has 4 aliphatic rings. The number of nitrogens with one attached hydrogen (secondary N) is 3. The van der Waals surface area contributed by atoms with Crippen LogP contribution in [-0.2, 0) is 34.6 Å². The third kappa shape index (κ3) is 8.74. The average molecular weight is 855 g/mol. The first-order chi connectivity index (χ1) is 28.8. The molecule has 2 aliphatic heterocycles. The van der Waals surface area contributed by atoms with E-state index in [2.05, 4.69) is 36.1 Å². The first kappa shape index (κ1) is 42.3. The molecule has 8 rings (SSSR count). The molecular formula is C45H54N6O9S. The Kier molecular flexibility index (Phi) is 11.0. The number of ether oxygens (including phenoxy) is 1. The number of carbonyl (C=O) groups excluding carboxylic acids is 4. The minimum atomic E-state index is -3.93. The van der Waals surface area contributed by atoms with Crippen molar-refractivity contribution in [2.75, 3.05) is 6.54 Å². The van der Waals surface area contributed by atoms with E-state index in [1.807, 2.05) is 60.7 Å². The zero-order valence-electron chi connectivity index (χ0n) is 35.2. The highest BCUT2D eigenvalue weighted by Crippen LogP contribution is 2.46. The van der Waals surface area contributed by atoms with Gasteiger partial charge in [0.15, 0.2) is 5.82 Å². The van der Waals surface area contributed by atoms with Crippen molar-refractivity contribution < 1.29 is 41.9 Å². The summed E-state index contributed by atoms with van der Waals surface area (Å²) < 4.78 is 41.0. The van der Waals surface area contributed by atoms with Gasteiger partial charge in [-0.05, 0) is 75.5 Å². The van der Waals surface area contributed by atoms with Gasteiger partial charge in [-0.3, -0.25) is 23.9 Å². The molecule has 2 saturated carbocycles. The van der Waals surface area contributed by atoms with Gasteiger partial charge in [0.25, 0.3) is 17.7 Å². The van der Waals surface area contributed by atoms with Crippen LogP contribution in [0.3, 0.4) is 0 Å². The number of rotatable bonds is 8. The zero-order chi connectivity index (χ0) is 43.5. The molecular weight excluding hydrogens is 801 g/mol. The number of nitrogens with zero attached hydrogens (tertiary/aromatic N) is 3. The number of fused-ring (bicyclic) bond motifs is 5. The summed E-state index contributed by atoms with van der Waals surface area (Å²) in [5.41, 5.74) is -0.168. The molecule has 2 aromatic carbocycles. The molecule has 16 heteroatoms. The molecule has 324 valence electrons. The number of amides is 4. The van der Waals surface area contributed by atoms with Gasteiger partial charge in [0.2, 0.25) is 27.4 Å². The summed E-state index contributed by atoms with van der Waals surface area (Å²) in [6.07, 6.45) is 6.95. The molecule has 0 unspecified atom stereocenters. The van der Waals surface area contributed by atoms with Gasteiger partial charge >= 0.3 is 0 Å². The molecule has 1 saturated heterocycles. The summed E-state index contributed by atoms with van der Waals surface area (Å²) in [5, 5.41) is 16.2. The molecule has 4 aromatic rings. The number of aliphatic hydroxyl groups is 1. The number of hydrogen-bond donors (Lipinski definition) is 4. The molecule has 0 bridgehead atoms. The molecule has 2 aromatic heterocycles. The smallest absolute Gasteiger partial charge is 0.262 e. The van der Waals surface area contributed by atoms with E-state index >= 15 is 0 Å². The van der Waals surface area contributed by atoms with Crippen LogP contribution in [0.2, 0.25) is 0 Å². The largest absolute Gasteiger partial charge is 0.470 e. The Bertz CT molecular complexity index is 2520. The first-order valence-corrected chi connectivity index (χ1v) is 22.7. The van der Waals surface area contributed by atoms with Crippen molar-refractivity contribution in [2.45, 2.75) is 132 Å². The molecule has 2 aliphatic carbocycles. The zero-order valence-corrected chi connectivity index (χ0v) is 36.0. The third-order valence-corrected chi connectivity index (χ3v) is 14.0. The second-order valence-corrected chi connectivity index (χ2v) is 20.5. The highest BCUT2D eigenvalue weighted by atomic mass is 32.2. The van der Waals surface area contributed by atoms with Crippen molar-refractivity contribution in [1.82, 2.24) is 30.2 Å². The topological polar surface area (TPSA) is 210 Å². The Morgan fingerprint density at radius 3 is 2.43 bits per heavy atom. The maximum Gasteiger partial charge on any atom is 0.262 e. The molecule has 61 heavy (non-hydrogen) atoms. The summed E-state index contributed by atoms with van der Waals surface area (Å²) in [6, 6.07) is 13.1. The van der Waals surface area contributed by atoms with E-state index in [0.717, 1.165) is 29.4 Å². The van der Waals surface area contributed by atoms with Gasteiger partial charge in [-0.25, -0.2) is 13.4 Å². The van der Waals surface area contributed by atoms with E-state index in [0.29, 0.717) is 42.6 Å². The van der Waals surface area contributed by atoms with Crippen LogP contribution in [0.25, 0.3) is 33.5 Å². The van der Waals surface area contributed by atoms with Gasteiger partial charge in [0.05, 0.1) is 11.8 Å². The molecule has 4 amide bonds. The number of para-hydroxylation sites is 1. The number of benzene rings is 2. The summed E-state index contributed by atoms with van der Waals surface area (Å²) in [6.45, 7) is 8.95. The number of allylic oxidation sites excluding steroid dienone is 1. The summed E-state index contributed by atoms with van der Waals surface area (Å²) in [4.78, 5) is 67.4. The third-order valence-electron chi connectivity index (χ3n) is 12.2. The van der Waals surface area contributed by atoms with Crippen LogP contribution in [0.5, 0.6) is 5.88 Å². The van der Waals surface area contributed by atoms with Crippen LogP contribution in [0.15, 0.2) is 65.1 Å². The molecule has 0 radical (unpaired) electrons. The Labute approximate surface area is 355 Å². The number of hydrogen-bond acceptors (Lipinski definition) is 11. The quantitative estimate of drug-likeness (QED) is 0.174. The Morgan fingerprint density at radius 1 is 0.984 bits per heavy atom. The van der Waals surface area contributed by atoms with Crippen LogP contribution < -0.4 is 20.1 Å². The summed E-state index contributed by atoms with van der Waals surface area (Å²) in [5.74, 6) is -2.77. The van der Waals surface area contributed by atoms with Crippen LogP contribution in [0.4, 0.5) is 0 Å². The van der Waals surface area contributed by atoms with Gasteiger partial charge in [-0.1, -0.05) is 82.2 Å². The molecule has 4 N–H and O–H groups in total. The number of carbonyl (C=O) groups is 4. The molecule has 0 spiro atoms. The van der Waals surface area contributed by atoms with Crippen LogP contribution in [0, 0.1) is 5.92 Å². The number of sulfonamides is 1. The van der Waals surface area contributed by atoms with Crippen LogP contribution >= 0.6 is 0 Å². The van der Waals surface area contributed by atoms with Gasteiger partial charge in [-0.15, -0.1) is 0 Å². The van der Waals surface area contributed by atoms with Crippen molar-refractivity contribution in [3.8, 4) is 17.3 Å². The van der Waals surface area contributed by atoms with Crippen molar-refractivity contribution >= 4 is 55.7 Å². The van der Waals surface area contributed by atoms with E-state index in [-0.39, 0.29) is 42.7 Å². The second-order valence-electron chi connectivity index (χ2n) is 18.5. The highest BCUT2D eigenvalue weighted by molar-refractivity contribution is 7.91. The number of furan rings is 1. The van der Waals surface area contributed by atoms with E-state index in [1.165, 1.54) is 18.7 Å². The van der Waals surface area contributed by atoms with Crippen molar-refractivity contribution in [2.24, 2.45) is 5.92 Å². The maximum absolute atomic E-state index is 14.7.